The lowest BCUT2D eigenvalue weighted by molar-refractivity contribution is -0.0496. The van der Waals surface area contributed by atoms with Gasteiger partial charge in [-0.3, -0.25) is 0 Å². The Bertz CT molecular complexity index is 508. The Morgan fingerprint density at radius 2 is 1.81 bits per heavy atom. The fraction of sp³-hybridized carbons (Fsp3) is 0.789. The average molecular weight is 288 g/mol. The molecule has 0 aliphatic heterocycles. The number of hydrogen-bond donors (Lipinski definition) is 2. The summed E-state index contributed by atoms with van der Waals surface area (Å²) in [6, 6.07) is 0. The van der Waals surface area contributed by atoms with Crippen molar-refractivity contribution < 1.29 is 10.2 Å². The molecule has 0 spiro atoms. The lowest BCUT2D eigenvalue weighted by Gasteiger charge is -2.55. The Balaban J connectivity index is 1.73. The molecule has 4 rings (SSSR count). The van der Waals surface area contributed by atoms with E-state index in [2.05, 4.69) is 32.1 Å². The highest BCUT2D eigenvalue weighted by Crippen LogP contribution is 2.63. The predicted octanol–water partition coefficient (Wildman–Crippen LogP) is 3.45. The van der Waals surface area contributed by atoms with E-state index in [1.165, 1.54) is 24.8 Å². The molecule has 116 valence electrons. The van der Waals surface area contributed by atoms with Gasteiger partial charge in [-0.25, -0.2) is 0 Å². The van der Waals surface area contributed by atoms with E-state index in [0.29, 0.717) is 17.8 Å². The number of aliphatic hydroxyl groups is 2. The number of hydrogen-bond acceptors (Lipinski definition) is 2. The summed E-state index contributed by atoms with van der Waals surface area (Å²) in [5.41, 5.74) is 1.75. The summed E-state index contributed by atoms with van der Waals surface area (Å²) in [7, 11) is 0. The molecule has 0 radical (unpaired) electrons. The van der Waals surface area contributed by atoms with E-state index >= 15 is 0 Å². The van der Waals surface area contributed by atoms with Gasteiger partial charge >= 0.3 is 0 Å². The first kappa shape index (κ1) is 14.0. The monoisotopic (exact) mass is 288 g/mol. The zero-order valence-corrected chi connectivity index (χ0v) is 13.3. The van der Waals surface area contributed by atoms with E-state index in [0.717, 1.165) is 19.3 Å². The molecule has 21 heavy (non-hydrogen) atoms. The summed E-state index contributed by atoms with van der Waals surface area (Å²) >= 11 is 0. The zero-order chi connectivity index (χ0) is 14.8. The van der Waals surface area contributed by atoms with Gasteiger partial charge in [0.2, 0.25) is 0 Å². The summed E-state index contributed by atoms with van der Waals surface area (Å²) in [5.74, 6) is 1.97. The highest BCUT2D eigenvalue weighted by atomic mass is 16.3. The molecule has 4 aliphatic carbocycles. The predicted molar refractivity (Wildman–Crippen MR) is 83.6 cm³/mol. The second kappa shape index (κ2) is 4.45. The van der Waals surface area contributed by atoms with Crippen LogP contribution in [0.25, 0.3) is 0 Å². The Hall–Kier alpha value is -0.600. The highest BCUT2D eigenvalue weighted by Gasteiger charge is 2.57. The fourth-order valence-corrected chi connectivity index (χ4v) is 6.11. The van der Waals surface area contributed by atoms with Gasteiger partial charge in [-0.05, 0) is 72.7 Å². The third kappa shape index (κ3) is 1.78. The molecule has 7 atom stereocenters. The topological polar surface area (TPSA) is 40.5 Å². The van der Waals surface area contributed by atoms with Gasteiger partial charge in [0.25, 0.3) is 0 Å². The molecule has 0 bridgehead atoms. The minimum atomic E-state index is -0.253. The molecule has 0 saturated heterocycles. The molecule has 0 aromatic heterocycles. The van der Waals surface area contributed by atoms with E-state index in [9.17, 15) is 10.2 Å². The molecule has 0 amide bonds. The maximum Gasteiger partial charge on any atom is 0.0727 e. The van der Waals surface area contributed by atoms with Crippen molar-refractivity contribution in [1.29, 1.82) is 0 Å². The van der Waals surface area contributed by atoms with Gasteiger partial charge in [0, 0.05) is 0 Å². The van der Waals surface area contributed by atoms with E-state index in [1.54, 1.807) is 0 Å². The van der Waals surface area contributed by atoms with Crippen molar-refractivity contribution >= 4 is 0 Å². The van der Waals surface area contributed by atoms with Crippen molar-refractivity contribution in [3.05, 3.63) is 23.8 Å². The van der Waals surface area contributed by atoms with Crippen LogP contribution in [0, 0.1) is 28.6 Å². The largest absolute Gasteiger partial charge is 0.393 e. The first-order valence-electron chi connectivity index (χ1n) is 8.72. The Labute approximate surface area is 127 Å². The van der Waals surface area contributed by atoms with Crippen LogP contribution in [0.1, 0.15) is 52.4 Å². The molecule has 2 nitrogen and oxygen atoms in total. The van der Waals surface area contributed by atoms with Crippen molar-refractivity contribution in [2.75, 3.05) is 0 Å². The first-order chi connectivity index (χ1) is 9.95. The maximum absolute atomic E-state index is 10.4. The van der Waals surface area contributed by atoms with Crippen LogP contribution in [0.5, 0.6) is 0 Å². The van der Waals surface area contributed by atoms with Crippen LogP contribution >= 0.6 is 0 Å². The smallest absolute Gasteiger partial charge is 0.0727 e. The molecule has 2 heteroatoms. The van der Waals surface area contributed by atoms with Gasteiger partial charge in [-0.15, -0.1) is 0 Å². The van der Waals surface area contributed by atoms with Crippen LogP contribution in [0.15, 0.2) is 23.8 Å². The molecule has 4 aliphatic rings. The number of aliphatic hydroxyl groups excluding tert-OH is 2. The lowest BCUT2D eigenvalue weighted by Crippen LogP contribution is -2.49. The zero-order valence-electron chi connectivity index (χ0n) is 13.3. The maximum atomic E-state index is 10.4. The molecule has 2 N–H and O–H groups in total. The second-order valence-electron chi connectivity index (χ2n) is 8.43. The van der Waals surface area contributed by atoms with Gasteiger partial charge in [0.15, 0.2) is 0 Å². The molecular weight excluding hydrogens is 260 g/mol. The SMILES string of the molecule is C[C@]12CC[C@H]3[C@@H](C=CC4=C[C@@H](O)CC[C@@]43C)[C@@H]1CC[C@@H]2O. The molecule has 0 aromatic carbocycles. The van der Waals surface area contributed by atoms with Crippen LogP contribution in [-0.2, 0) is 0 Å². The first-order valence-corrected chi connectivity index (χ1v) is 8.72. The van der Waals surface area contributed by atoms with Crippen molar-refractivity contribution in [3.8, 4) is 0 Å². The van der Waals surface area contributed by atoms with Crippen LogP contribution in [0.3, 0.4) is 0 Å². The number of allylic oxidation sites excluding steroid dienone is 3. The van der Waals surface area contributed by atoms with Crippen molar-refractivity contribution in [2.24, 2.45) is 28.6 Å². The number of fused-ring (bicyclic) bond motifs is 5. The third-order valence-electron chi connectivity index (χ3n) is 7.59. The van der Waals surface area contributed by atoms with Gasteiger partial charge in [0.1, 0.15) is 0 Å². The van der Waals surface area contributed by atoms with Gasteiger partial charge in [-0.2, -0.15) is 0 Å². The standard InChI is InChI=1S/C19H28O2/c1-18-9-7-13(20)11-12(18)3-4-14-15-5-6-17(21)19(15,2)10-8-16(14)18/h3-4,11,13-17,20-21H,5-10H2,1-2H3/t13-,14-,15-,16-,17-,18-,19-/m0/s1. The normalized spacial score (nSPS) is 55.4. The molecule has 0 unspecified atom stereocenters. The Kier molecular flexibility index (Phi) is 2.97. The molecular formula is C19H28O2. The van der Waals surface area contributed by atoms with Crippen LogP contribution in [-0.4, -0.2) is 22.4 Å². The Morgan fingerprint density at radius 3 is 2.62 bits per heavy atom. The molecule has 2 fully saturated rings. The van der Waals surface area contributed by atoms with Gasteiger partial charge in [-0.1, -0.05) is 32.1 Å². The molecule has 2 saturated carbocycles. The highest BCUT2D eigenvalue weighted by molar-refractivity contribution is 5.36. The van der Waals surface area contributed by atoms with Gasteiger partial charge < -0.3 is 10.2 Å². The molecule has 0 heterocycles. The van der Waals surface area contributed by atoms with Crippen molar-refractivity contribution in [1.82, 2.24) is 0 Å². The minimum absolute atomic E-state index is 0.102. The summed E-state index contributed by atoms with van der Waals surface area (Å²) in [6.07, 6.45) is 13.0. The van der Waals surface area contributed by atoms with Gasteiger partial charge in [0.05, 0.1) is 12.2 Å². The van der Waals surface area contributed by atoms with Crippen LogP contribution < -0.4 is 0 Å². The summed E-state index contributed by atoms with van der Waals surface area (Å²) in [5, 5.41) is 20.4. The van der Waals surface area contributed by atoms with E-state index < -0.39 is 0 Å². The van der Waals surface area contributed by atoms with E-state index in [1.807, 2.05) is 0 Å². The summed E-state index contributed by atoms with van der Waals surface area (Å²) in [4.78, 5) is 0. The third-order valence-corrected chi connectivity index (χ3v) is 7.59. The summed E-state index contributed by atoms with van der Waals surface area (Å²) in [6.45, 7) is 4.73. The lowest BCUT2D eigenvalue weighted by atomic mass is 9.49. The van der Waals surface area contributed by atoms with Crippen LogP contribution in [0.2, 0.25) is 0 Å². The Morgan fingerprint density at radius 1 is 1.00 bits per heavy atom. The summed E-state index contributed by atoms with van der Waals surface area (Å²) < 4.78 is 0. The van der Waals surface area contributed by atoms with E-state index in [-0.39, 0.29) is 23.0 Å². The molecule has 0 aromatic rings. The average Bonchev–Trinajstić information content (AvgIpc) is 2.76. The van der Waals surface area contributed by atoms with Crippen molar-refractivity contribution in [3.63, 3.8) is 0 Å². The fourth-order valence-electron chi connectivity index (χ4n) is 6.11. The second-order valence-corrected chi connectivity index (χ2v) is 8.43. The van der Waals surface area contributed by atoms with E-state index in [4.69, 9.17) is 0 Å². The van der Waals surface area contributed by atoms with Crippen LogP contribution in [0.4, 0.5) is 0 Å². The minimum Gasteiger partial charge on any atom is -0.393 e. The van der Waals surface area contributed by atoms with Crippen molar-refractivity contribution in [2.45, 2.75) is 64.6 Å². The number of rotatable bonds is 0. The quantitative estimate of drug-likeness (QED) is 0.717.